The SMILES string of the molecule is COC(=O)c1cc(NCc2ccc(F)cc2Cl)ccc1F. The molecular formula is C15H12ClF2NO2. The van der Waals surface area contributed by atoms with Crippen molar-refractivity contribution in [3.8, 4) is 0 Å². The van der Waals surface area contributed by atoms with Gasteiger partial charge in [-0.15, -0.1) is 0 Å². The van der Waals surface area contributed by atoms with Crippen LogP contribution in [0.25, 0.3) is 0 Å². The Morgan fingerprint density at radius 1 is 1.24 bits per heavy atom. The molecule has 0 fully saturated rings. The Morgan fingerprint density at radius 3 is 2.67 bits per heavy atom. The summed E-state index contributed by atoms with van der Waals surface area (Å²) in [7, 11) is 1.18. The summed E-state index contributed by atoms with van der Waals surface area (Å²) in [5.74, 6) is -1.83. The van der Waals surface area contributed by atoms with Crippen molar-refractivity contribution >= 4 is 23.3 Å². The summed E-state index contributed by atoms with van der Waals surface area (Å²) >= 11 is 5.91. The number of ether oxygens (including phenoxy) is 1. The van der Waals surface area contributed by atoms with Gasteiger partial charge in [0.05, 0.1) is 12.7 Å². The van der Waals surface area contributed by atoms with E-state index in [4.69, 9.17) is 11.6 Å². The molecule has 0 saturated heterocycles. The lowest BCUT2D eigenvalue weighted by Gasteiger charge is -2.10. The number of benzene rings is 2. The standard InChI is InChI=1S/C15H12ClF2NO2/c1-21-15(20)12-7-11(4-5-14(12)18)19-8-9-2-3-10(17)6-13(9)16/h2-7,19H,8H2,1H3. The summed E-state index contributed by atoms with van der Waals surface area (Å²) in [6.45, 7) is 0.311. The van der Waals surface area contributed by atoms with Crippen LogP contribution in [0.4, 0.5) is 14.5 Å². The van der Waals surface area contributed by atoms with Gasteiger partial charge in [0.15, 0.2) is 0 Å². The number of esters is 1. The highest BCUT2D eigenvalue weighted by Crippen LogP contribution is 2.20. The molecule has 0 aliphatic carbocycles. The molecule has 0 atom stereocenters. The molecule has 2 rings (SSSR count). The quantitative estimate of drug-likeness (QED) is 0.867. The second-order valence-corrected chi connectivity index (χ2v) is 4.68. The monoisotopic (exact) mass is 311 g/mol. The van der Waals surface area contributed by atoms with Crippen molar-refractivity contribution in [2.24, 2.45) is 0 Å². The summed E-state index contributed by atoms with van der Waals surface area (Å²) in [5, 5.41) is 3.28. The lowest BCUT2D eigenvalue weighted by atomic mass is 10.1. The first kappa shape index (κ1) is 15.3. The van der Waals surface area contributed by atoms with Gasteiger partial charge in [0.2, 0.25) is 0 Å². The fourth-order valence-electron chi connectivity index (χ4n) is 1.76. The largest absolute Gasteiger partial charge is 0.465 e. The van der Waals surface area contributed by atoms with Gasteiger partial charge in [-0.25, -0.2) is 13.6 Å². The molecule has 0 saturated carbocycles. The molecule has 0 heterocycles. The number of hydrogen-bond donors (Lipinski definition) is 1. The molecule has 0 radical (unpaired) electrons. The van der Waals surface area contributed by atoms with E-state index in [1.54, 1.807) is 6.07 Å². The van der Waals surface area contributed by atoms with Gasteiger partial charge >= 0.3 is 5.97 Å². The van der Waals surface area contributed by atoms with Crippen LogP contribution in [0.3, 0.4) is 0 Å². The van der Waals surface area contributed by atoms with E-state index >= 15 is 0 Å². The Kier molecular flexibility index (Phi) is 4.75. The summed E-state index contributed by atoms with van der Waals surface area (Å²) < 4.78 is 30.9. The predicted octanol–water partition coefficient (Wildman–Crippen LogP) is 4.02. The van der Waals surface area contributed by atoms with E-state index < -0.39 is 17.6 Å². The zero-order valence-corrected chi connectivity index (χ0v) is 11.9. The molecule has 6 heteroatoms. The molecule has 0 unspecified atom stereocenters. The zero-order chi connectivity index (χ0) is 15.4. The van der Waals surface area contributed by atoms with Crippen molar-refractivity contribution in [2.45, 2.75) is 6.54 Å². The van der Waals surface area contributed by atoms with E-state index in [-0.39, 0.29) is 10.6 Å². The normalized spacial score (nSPS) is 10.3. The minimum absolute atomic E-state index is 0.160. The molecule has 2 aromatic rings. The molecular weight excluding hydrogens is 300 g/mol. The molecule has 0 spiro atoms. The number of nitrogens with one attached hydrogen (secondary N) is 1. The first-order valence-corrected chi connectivity index (χ1v) is 6.44. The summed E-state index contributed by atoms with van der Waals surface area (Å²) in [4.78, 5) is 11.4. The van der Waals surface area contributed by atoms with Gasteiger partial charge < -0.3 is 10.1 Å². The highest BCUT2D eigenvalue weighted by atomic mass is 35.5. The Hall–Kier alpha value is -2.14. The Labute approximate surface area is 125 Å². The first-order chi connectivity index (χ1) is 10.0. The number of anilines is 1. The van der Waals surface area contributed by atoms with Crippen LogP contribution in [-0.2, 0) is 11.3 Å². The second-order valence-electron chi connectivity index (χ2n) is 4.28. The number of rotatable bonds is 4. The maximum Gasteiger partial charge on any atom is 0.340 e. The van der Waals surface area contributed by atoms with Crippen LogP contribution in [0.15, 0.2) is 36.4 Å². The molecule has 21 heavy (non-hydrogen) atoms. The van der Waals surface area contributed by atoms with Crippen LogP contribution >= 0.6 is 11.6 Å². The number of carbonyl (C=O) groups is 1. The second kappa shape index (κ2) is 6.54. The average Bonchev–Trinajstić information content (AvgIpc) is 2.47. The number of methoxy groups -OCH3 is 1. The molecule has 0 aliphatic rings. The molecule has 0 aromatic heterocycles. The summed E-state index contributed by atoms with van der Waals surface area (Å²) in [6, 6.07) is 8.06. The van der Waals surface area contributed by atoms with E-state index in [1.165, 1.54) is 37.4 Å². The van der Waals surface area contributed by atoms with Crippen molar-refractivity contribution < 1.29 is 18.3 Å². The van der Waals surface area contributed by atoms with Gasteiger partial charge in [0.1, 0.15) is 11.6 Å². The van der Waals surface area contributed by atoms with Crippen molar-refractivity contribution in [1.29, 1.82) is 0 Å². The lowest BCUT2D eigenvalue weighted by molar-refractivity contribution is 0.0595. The van der Waals surface area contributed by atoms with Crippen LogP contribution in [0.1, 0.15) is 15.9 Å². The fraction of sp³-hybridized carbons (Fsp3) is 0.133. The van der Waals surface area contributed by atoms with E-state index in [2.05, 4.69) is 10.1 Å². The third-order valence-electron chi connectivity index (χ3n) is 2.87. The Balaban J connectivity index is 2.15. The van der Waals surface area contributed by atoms with Gasteiger partial charge in [-0.1, -0.05) is 17.7 Å². The maximum atomic E-state index is 13.5. The lowest BCUT2D eigenvalue weighted by Crippen LogP contribution is -2.06. The van der Waals surface area contributed by atoms with E-state index in [1.807, 2.05) is 0 Å². The summed E-state index contributed by atoms with van der Waals surface area (Å²) in [6.07, 6.45) is 0. The van der Waals surface area contributed by atoms with Gasteiger partial charge in [-0.3, -0.25) is 0 Å². The smallest absolute Gasteiger partial charge is 0.340 e. The molecule has 0 amide bonds. The third kappa shape index (κ3) is 3.70. The van der Waals surface area contributed by atoms with Gasteiger partial charge in [-0.2, -0.15) is 0 Å². The molecule has 2 aromatic carbocycles. The molecule has 110 valence electrons. The predicted molar refractivity (Wildman–Crippen MR) is 76.5 cm³/mol. The van der Waals surface area contributed by atoms with Crippen molar-refractivity contribution in [3.05, 3.63) is 64.2 Å². The Bertz CT molecular complexity index is 677. The van der Waals surface area contributed by atoms with Crippen LogP contribution < -0.4 is 5.32 Å². The van der Waals surface area contributed by atoms with Crippen LogP contribution in [-0.4, -0.2) is 13.1 Å². The topological polar surface area (TPSA) is 38.3 Å². The number of halogens is 3. The molecule has 1 N–H and O–H groups in total. The highest BCUT2D eigenvalue weighted by Gasteiger charge is 2.12. The van der Waals surface area contributed by atoms with E-state index in [9.17, 15) is 13.6 Å². The minimum Gasteiger partial charge on any atom is -0.465 e. The fourth-order valence-corrected chi connectivity index (χ4v) is 2.00. The zero-order valence-electron chi connectivity index (χ0n) is 11.1. The van der Waals surface area contributed by atoms with Crippen molar-refractivity contribution in [3.63, 3.8) is 0 Å². The van der Waals surface area contributed by atoms with Gasteiger partial charge in [0, 0.05) is 17.3 Å². The number of hydrogen-bond acceptors (Lipinski definition) is 3. The minimum atomic E-state index is -0.754. The first-order valence-electron chi connectivity index (χ1n) is 6.07. The van der Waals surface area contributed by atoms with E-state index in [0.717, 1.165) is 0 Å². The van der Waals surface area contributed by atoms with Gasteiger partial charge in [-0.05, 0) is 35.9 Å². The van der Waals surface area contributed by atoms with Crippen molar-refractivity contribution in [2.75, 3.05) is 12.4 Å². The van der Waals surface area contributed by atoms with Crippen molar-refractivity contribution in [1.82, 2.24) is 0 Å². The van der Waals surface area contributed by atoms with Gasteiger partial charge in [0.25, 0.3) is 0 Å². The van der Waals surface area contributed by atoms with Crippen LogP contribution in [0.2, 0.25) is 5.02 Å². The Morgan fingerprint density at radius 2 is 2.00 bits per heavy atom. The summed E-state index contributed by atoms with van der Waals surface area (Å²) in [5.41, 5.74) is 1.05. The maximum absolute atomic E-state index is 13.5. The molecule has 0 aliphatic heterocycles. The van der Waals surface area contributed by atoms with Crippen LogP contribution in [0.5, 0.6) is 0 Å². The average molecular weight is 312 g/mol. The van der Waals surface area contributed by atoms with E-state index in [0.29, 0.717) is 17.8 Å². The molecule has 3 nitrogen and oxygen atoms in total. The van der Waals surface area contributed by atoms with Crippen LogP contribution in [0, 0.1) is 11.6 Å². The highest BCUT2D eigenvalue weighted by molar-refractivity contribution is 6.31. The molecule has 0 bridgehead atoms. The third-order valence-corrected chi connectivity index (χ3v) is 3.22. The number of carbonyl (C=O) groups excluding carboxylic acids is 1.